The molecule has 0 aliphatic heterocycles. The lowest BCUT2D eigenvalue weighted by Gasteiger charge is -2.10. The Morgan fingerprint density at radius 1 is 1.28 bits per heavy atom. The average molecular weight is 263 g/mol. The number of aryl methyl sites for hydroxylation is 3. The first kappa shape index (κ1) is 12.9. The molecule has 0 amide bonds. The van der Waals surface area contributed by atoms with E-state index in [-0.39, 0.29) is 0 Å². The van der Waals surface area contributed by atoms with E-state index in [1.54, 1.807) is 7.11 Å². The maximum absolute atomic E-state index is 5.48. The minimum absolute atomic E-state index is 0.873. The number of anilines is 1. The SMILES string of the molecule is COc1c(C)cc(C)cc1-c1nc(C)c(NN)s1. The van der Waals surface area contributed by atoms with Gasteiger partial charge in [0, 0.05) is 0 Å². The number of nitrogens with two attached hydrogens (primary N) is 1. The van der Waals surface area contributed by atoms with Crippen LogP contribution in [-0.2, 0) is 0 Å². The molecule has 18 heavy (non-hydrogen) atoms. The second-order valence-electron chi connectivity index (χ2n) is 4.24. The first-order valence-electron chi connectivity index (χ1n) is 5.66. The summed E-state index contributed by atoms with van der Waals surface area (Å²) < 4.78 is 5.48. The first-order valence-corrected chi connectivity index (χ1v) is 6.48. The molecule has 0 fully saturated rings. The molecular formula is C13H17N3OS. The van der Waals surface area contributed by atoms with E-state index < -0.39 is 0 Å². The Hall–Kier alpha value is -1.59. The van der Waals surface area contributed by atoms with Crippen molar-refractivity contribution in [3.8, 4) is 16.3 Å². The fourth-order valence-electron chi connectivity index (χ4n) is 2.03. The van der Waals surface area contributed by atoms with Crippen LogP contribution in [0.3, 0.4) is 0 Å². The third-order valence-corrected chi connectivity index (χ3v) is 3.90. The van der Waals surface area contributed by atoms with Crippen LogP contribution in [0.15, 0.2) is 12.1 Å². The Balaban J connectivity index is 2.61. The molecule has 0 saturated carbocycles. The number of benzene rings is 1. The van der Waals surface area contributed by atoms with Gasteiger partial charge in [-0.05, 0) is 38.0 Å². The predicted molar refractivity (Wildman–Crippen MR) is 76.1 cm³/mol. The maximum atomic E-state index is 5.48. The summed E-state index contributed by atoms with van der Waals surface area (Å²) in [7, 11) is 1.68. The average Bonchev–Trinajstić information content (AvgIpc) is 2.69. The molecule has 0 aliphatic carbocycles. The third-order valence-electron chi connectivity index (χ3n) is 2.78. The molecule has 96 valence electrons. The van der Waals surface area contributed by atoms with Crippen molar-refractivity contribution in [2.45, 2.75) is 20.8 Å². The highest BCUT2D eigenvalue weighted by atomic mass is 32.1. The van der Waals surface area contributed by atoms with Gasteiger partial charge in [0.2, 0.25) is 0 Å². The number of hydrazine groups is 1. The lowest BCUT2D eigenvalue weighted by molar-refractivity contribution is 0.413. The number of nitrogens with one attached hydrogen (secondary N) is 1. The van der Waals surface area contributed by atoms with E-state index in [1.807, 2.05) is 13.8 Å². The predicted octanol–water partition coefficient (Wildman–Crippen LogP) is 3.03. The fourth-order valence-corrected chi connectivity index (χ4v) is 2.92. The molecule has 0 saturated heterocycles. The Morgan fingerprint density at radius 3 is 2.56 bits per heavy atom. The number of nitrogen functional groups attached to an aromatic ring is 1. The van der Waals surface area contributed by atoms with Gasteiger partial charge in [-0.3, -0.25) is 0 Å². The standard InChI is InChI=1S/C13H17N3OS/c1-7-5-8(2)11(17-4)10(6-7)13-15-9(3)12(16-14)18-13/h5-6,16H,14H2,1-4H3. The van der Waals surface area contributed by atoms with Crippen LogP contribution in [0.2, 0.25) is 0 Å². The molecule has 0 atom stereocenters. The number of methoxy groups -OCH3 is 1. The van der Waals surface area contributed by atoms with Crippen LogP contribution in [0.1, 0.15) is 16.8 Å². The highest BCUT2D eigenvalue weighted by Crippen LogP contribution is 2.38. The van der Waals surface area contributed by atoms with Crippen LogP contribution in [-0.4, -0.2) is 12.1 Å². The lowest BCUT2D eigenvalue weighted by Crippen LogP contribution is -2.05. The van der Waals surface area contributed by atoms with E-state index >= 15 is 0 Å². The molecule has 2 aromatic rings. The van der Waals surface area contributed by atoms with Gasteiger partial charge >= 0.3 is 0 Å². The van der Waals surface area contributed by atoms with Crippen molar-refractivity contribution in [1.82, 2.24) is 4.98 Å². The molecule has 0 bridgehead atoms. The normalized spacial score (nSPS) is 10.5. The molecule has 4 nitrogen and oxygen atoms in total. The lowest BCUT2D eigenvalue weighted by atomic mass is 10.1. The van der Waals surface area contributed by atoms with Gasteiger partial charge in [-0.15, -0.1) is 0 Å². The smallest absolute Gasteiger partial charge is 0.132 e. The van der Waals surface area contributed by atoms with Crippen molar-refractivity contribution >= 4 is 16.3 Å². The Labute approximate surface area is 111 Å². The molecule has 5 heteroatoms. The molecule has 0 spiro atoms. The molecular weight excluding hydrogens is 246 g/mol. The fraction of sp³-hybridized carbons (Fsp3) is 0.308. The molecule has 1 aromatic heterocycles. The summed E-state index contributed by atoms with van der Waals surface area (Å²) in [6, 6.07) is 4.19. The Kier molecular flexibility index (Phi) is 3.54. The zero-order valence-corrected chi connectivity index (χ0v) is 11.8. The molecule has 3 N–H and O–H groups in total. The molecule has 0 radical (unpaired) electrons. The molecule has 0 aliphatic rings. The van der Waals surface area contributed by atoms with Crippen molar-refractivity contribution in [3.05, 3.63) is 29.0 Å². The van der Waals surface area contributed by atoms with Gasteiger partial charge < -0.3 is 10.2 Å². The van der Waals surface area contributed by atoms with Crippen LogP contribution in [0.4, 0.5) is 5.00 Å². The molecule has 0 unspecified atom stereocenters. The minimum Gasteiger partial charge on any atom is -0.496 e. The highest BCUT2D eigenvalue weighted by molar-refractivity contribution is 7.19. The summed E-state index contributed by atoms with van der Waals surface area (Å²) >= 11 is 1.53. The first-order chi connectivity index (χ1) is 8.56. The number of nitrogens with zero attached hydrogens (tertiary/aromatic N) is 1. The van der Waals surface area contributed by atoms with Crippen LogP contribution in [0.5, 0.6) is 5.75 Å². The number of hydrogen-bond acceptors (Lipinski definition) is 5. The van der Waals surface area contributed by atoms with Crippen molar-refractivity contribution in [1.29, 1.82) is 0 Å². The summed E-state index contributed by atoms with van der Waals surface area (Å²) in [5.41, 5.74) is 6.89. The van der Waals surface area contributed by atoms with E-state index in [9.17, 15) is 0 Å². The van der Waals surface area contributed by atoms with Crippen molar-refractivity contribution in [3.63, 3.8) is 0 Å². The van der Waals surface area contributed by atoms with E-state index in [2.05, 4.69) is 29.5 Å². The van der Waals surface area contributed by atoms with Crippen LogP contribution in [0.25, 0.3) is 10.6 Å². The zero-order valence-electron chi connectivity index (χ0n) is 11.0. The number of thiazole rings is 1. The number of rotatable bonds is 3. The van der Waals surface area contributed by atoms with Gasteiger partial charge in [-0.2, -0.15) is 0 Å². The monoisotopic (exact) mass is 263 g/mol. The van der Waals surface area contributed by atoms with Crippen molar-refractivity contribution in [2.24, 2.45) is 5.84 Å². The van der Waals surface area contributed by atoms with Gasteiger partial charge in [-0.1, -0.05) is 17.4 Å². The van der Waals surface area contributed by atoms with Gasteiger partial charge in [0.25, 0.3) is 0 Å². The second-order valence-corrected chi connectivity index (χ2v) is 5.24. The summed E-state index contributed by atoms with van der Waals surface area (Å²) in [4.78, 5) is 4.54. The van der Waals surface area contributed by atoms with Crippen molar-refractivity contribution < 1.29 is 4.74 Å². The van der Waals surface area contributed by atoms with E-state index in [0.29, 0.717) is 0 Å². The second kappa shape index (κ2) is 4.96. The summed E-state index contributed by atoms with van der Waals surface area (Å²) in [5.74, 6) is 6.33. The van der Waals surface area contributed by atoms with Gasteiger partial charge in [0.1, 0.15) is 15.8 Å². The summed E-state index contributed by atoms with van der Waals surface area (Å²) in [6.07, 6.45) is 0. The van der Waals surface area contributed by atoms with Gasteiger partial charge in [-0.25, -0.2) is 10.8 Å². The molecule has 1 aromatic carbocycles. The van der Waals surface area contributed by atoms with Crippen LogP contribution in [0, 0.1) is 20.8 Å². The topological polar surface area (TPSA) is 60.2 Å². The number of ether oxygens (including phenoxy) is 1. The van der Waals surface area contributed by atoms with Gasteiger partial charge in [0.05, 0.1) is 18.4 Å². The summed E-state index contributed by atoms with van der Waals surface area (Å²) in [6.45, 7) is 6.04. The largest absolute Gasteiger partial charge is 0.496 e. The minimum atomic E-state index is 0.873. The highest BCUT2D eigenvalue weighted by Gasteiger charge is 2.15. The summed E-state index contributed by atoms with van der Waals surface area (Å²) in [5, 5.41) is 1.80. The quantitative estimate of drug-likeness (QED) is 0.660. The van der Waals surface area contributed by atoms with Gasteiger partial charge in [0.15, 0.2) is 0 Å². The Bertz CT molecular complexity index is 578. The van der Waals surface area contributed by atoms with E-state index in [4.69, 9.17) is 10.6 Å². The number of hydrogen-bond donors (Lipinski definition) is 2. The maximum Gasteiger partial charge on any atom is 0.132 e. The van der Waals surface area contributed by atoms with Crippen LogP contribution >= 0.6 is 11.3 Å². The molecule has 1 heterocycles. The van der Waals surface area contributed by atoms with E-state index in [0.717, 1.165) is 32.6 Å². The number of aromatic nitrogens is 1. The van der Waals surface area contributed by atoms with Crippen LogP contribution < -0.4 is 16.0 Å². The van der Waals surface area contributed by atoms with E-state index in [1.165, 1.54) is 16.9 Å². The zero-order chi connectivity index (χ0) is 13.3. The third kappa shape index (κ3) is 2.19. The molecule has 2 rings (SSSR count). The van der Waals surface area contributed by atoms with Crippen molar-refractivity contribution in [2.75, 3.05) is 12.5 Å². The Morgan fingerprint density at radius 2 is 2.00 bits per heavy atom.